The van der Waals surface area contributed by atoms with Crippen molar-refractivity contribution in [3.8, 4) is 0 Å². The molecule has 0 saturated carbocycles. The van der Waals surface area contributed by atoms with Crippen molar-refractivity contribution < 1.29 is 4.74 Å². The first-order valence-electron chi connectivity index (χ1n) is 5.30. The van der Waals surface area contributed by atoms with Crippen molar-refractivity contribution in [1.82, 2.24) is 5.32 Å². The Bertz CT molecular complexity index is 333. The van der Waals surface area contributed by atoms with E-state index < -0.39 is 0 Å². The second kappa shape index (κ2) is 7.63. The van der Waals surface area contributed by atoms with Crippen LogP contribution in [0.5, 0.6) is 0 Å². The van der Waals surface area contributed by atoms with Gasteiger partial charge < -0.3 is 10.1 Å². The Hall–Kier alpha value is 0.350. The molecule has 1 N–H and O–H groups in total. The first-order valence-corrected chi connectivity index (χ1v) is 7.17. The standard InChI is InChI=1S/C12H17BrINO/c1-15-12(4-3-7-16-2)10-8-9(14)5-6-11(10)13/h5-6,8,12,15H,3-4,7H2,1-2H3. The van der Waals surface area contributed by atoms with E-state index in [1.807, 2.05) is 7.05 Å². The number of benzene rings is 1. The Morgan fingerprint density at radius 2 is 2.25 bits per heavy atom. The Morgan fingerprint density at radius 1 is 1.50 bits per heavy atom. The molecule has 0 amide bonds. The van der Waals surface area contributed by atoms with Gasteiger partial charge in [0.05, 0.1) is 0 Å². The molecule has 16 heavy (non-hydrogen) atoms. The lowest BCUT2D eigenvalue weighted by Crippen LogP contribution is -2.17. The molecule has 0 aliphatic heterocycles. The van der Waals surface area contributed by atoms with E-state index >= 15 is 0 Å². The van der Waals surface area contributed by atoms with Crippen molar-refractivity contribution >= 4 is 38.5 Å². The fourth-order valence-electron chi connectivity index (χ4n) is 1.67. The van der Waals surface area contributed by atoms with Crippen LogP contribution in [-0.4, -0.2) is 20.8 Å². The van der Waals surface area contributed by atoms with Crippen molar-refractivity contribution in [3.05, 3.63) is 31.8 Å². The summed E-state index contributed by atoms with van der Waals surface area (Å²) >= 11 is 5.95. The fraction of sp³-hybridized carbons (Fsp3) is 0.500. The van der Waals surface area contributed by atoms with Crippen LogP contribution in [0.4, 0.5) is 0 Å². The molecule has 2 nitrogen and oxygen atoms in total. The van der Waals surface area contributed by atoms with E-state index in [1.54, 1.807) is 7.11 Å². The maximum absolute atomic E-state index is 5.09. The van der Waals surface area contributed by atoms with Crippen LogP contribution in [0.25, 0.3) is 0 Å². The Balaban J connectivity index is 2.73. The zero-order chi connectivity index (χ0) is 12.0. The molecule has 1 unspecified atom stereocenters. The molecule has 0 heterocycles. The van der Waals surface area contributed by atoms with Gasteiger partial charge in [0.25, 0.3) is 0 Å². The van der Waals surface area contributed by atoms with E-state index in [0.29, 0.717) is 6.04 Å². The highest BCUT2D eigenvalue weighted by Crippen LogP contribution is 2.28. The second-order valence-corrected chi connectivity index (χ2v) is 5.74. The first kappa shape index (κ1) is 14.4. The Morgan fingerprint density at radius 3 is 2.88 bits per heavy atom. The van der Waals surface area contributed by atoms with Gasteiger partial charge in [-0.05, 0) is 66.2 Å². The number of methoxy groups -OCH3 is 1. The average molecular weight is 398 g/mol. The predicted octanol–water partition coefficient (Wildman–Crippen LogP) is 3.74. The fourth-order valence-corrected chi connectivity index (χ4v) is 2.71. The summed E-state index contributed by atoms with van der Waals surface area (Å²) in [4.78, 5) is 0. The molecule has 4 heteroatoms. The van der Waals surface area contributed by atoms with E-state index in [0.717, 1.165) is 19.4 Å². The Kier molecular flexibility index (Phi) is 6.87. The van der Waals surface area contributed by atoms with Crippen LogP contribution in [0.1, 0.15) is 24.4 Å². The summed E-state index contributed by atoms with van der Waals surface area (Å²) in [6, 6.07) is 6.83. The van der Waals surface area contributed by atoms with Crippen LogP contribution in [0.3, 0.4) is 0 Å². The van der Waals surface area contributed by atoms with Crippen molar-refractivity contribution in [2.45, 2.75) is 18.9 Å². The minimum absolute atomic E-state index is 0.388. The zero-order valence-electron chi connectivity index (χ0n) is 9.59. The van der Waals surface area contributed by atoms with Gasteiger partial charge in [-0.2, -0.15) is 0 Å². The molecule has 1 atom stereocenters. The molecule has 90 valence electrons. The van der Waals surface area contributed by atoms with Crippen molar-refractivity contribution in [2.24, 2.45) is 0 Å². The summed E-state index contributed by atoms with van der Waals surface area (Å²) in [5, 5.41) is 3.36. The largest absolute Gasteiger partial charge is 0.385 e. The molecular formula is C12H17BrINO. The third-order valence-electron chi connectivity index (χ3n) is 2.52. The quantitative estimate of drug-likeness (QED) is 0.583. The number of rotatable bonds is 6. The molecule has 0 aliphatic rings. The average Bonchev–Trinajstić information content (AvgIpc) is 2.28. The number of hydrogen-bond acceptors (Lipinski definition) is 2. The maximum atomic E-state index is 5.09. The van der Waals surface area contributed by atoms with E-state index in [4.69, 9.17) is 4.74 Å². The SMILES string of the molecule is CNC(CCCOC)c1cc(I)ccc1Br. The van der Waals surface area contributed by atoms with Gasteiger partial charge in [0.15, 0.2) is 0 Å². The number of nitrogens with one attached hydrogen (secondary N) is 1. The summed E-state index contributed by atoms with van der Waals surface area (Å²) in [6.45, 7) is 0.819. The van der Waals surface area contributed by atoms with Crippen LogP contribution in [-0.2, 0) is 4.74 Å². The first-order chi connectivity index (χ1) is 7.69. The second-order valence-electron chi connectivity index (χ2n) is 3.64. The zero-order valence-corrected chi connectivity index (χ0v) is 13.3. The van der Waals surface area contributed by atoms with Gasteiger partial charge >= 0.3 is 0 Å². The van der Waals surface area contributed by atoms with E-state index in [9.17, 15) is 0 Å². The third-order valence-corrected chi connectivity index (χ3v) is 3.92. The van der Waals surface area contributed by atoms with Crippen LogP contribution in [0.2, 0.25) is 0 Å². The van der Waals surface area contributed by atoms with Gasteiger partial charge in [0.1, 0.15) is 0 Å². The molecule has 0 saturated heterocycles. The van der Waals surface area contributed by atoms with Gasteiger partial charge in [-0.25, -0.2) is 0 Å². The van der Waals surface area contributed by atoms with Gasteiger partial charge in [-0.1, -0.05) is 15.9 Å². The molecule has 0 spiro atoms. The van der Waals surface area contributed by atoms with E-state index in [-0.39, 0.29) is 0 Å². The van der Waals surface area contributed by atoms with Crippen LogP contribution >= 0.6 is 38.5 Å². The molecule has 0 fully saturated rings. The highest BCUT2D eigenvalue weighted by atomic mass is 127. The van der Waals surface area contributed by atoms with Gasteiger partial charge in [0, 0.05) is 27.8 Å². The topological polar surface area (TPSA) is 21.3 Å². The molecule has 0 aliphatic carbocycles. The normalized spacial score (nSPS) is 12.8. The molecule has 0 aromatic heterocycles. The highest BCUT2D eigenvalue weighted by Gasteiger charge is 2.12. The van der Waals surface area contributed by atoms with Crippen molar-refractivity contribution in [3.63, 3.8) is 0 Å². The van der Waals surface area contributed by atoms with Gasteiger partial charge in [0.2, 0.25) is 0 Å². The summed E-state index contributed by atoms with van der Waals surface area (Å²) in [7, 11) is 3.75. The third kappa shape index (κ3) is 4.31. The summed E-state index contributed by atoms with van der Waals surface area (Å²) in [5.74, 6) is 0. The number of ether oxygens (including phenoxy) is 1. The summed E-state index contributed by atoms with van der Waals surface area (Å²) in [6.07, 6.45) is 2.16. The summed E-state index contributed by atoms with van der Waals surface area (Å²) < 4.78 is 7.52. The minimum Gasteiger partial charge on any atom is -0.385 e. The van der Waals surface area contributed by atoms with Crippen LogP contribution in [0.15, 0.2) is 22.7 Å². The molecule has 1 rings (SSSR count). The number of halogens is 2. The van der Waals surface area contributed by atoms with Crippen LogP contribution in [0, 0.1) is 3.57 Å². The summed E-state index contributed by atoms with van der Waals surface area (Å²) in [5.41, 5.74) is 1.32. The van der Waals surface area contributed by atoms with Gasteiger partial charge in [-0.3, -0.25) is 0 Å². The van der Waals surface area contributed by atoms with E-state index in [1.165, 1.54) is 13.6 Å². The monoisotopic (exact) mass is 397 g/mol. The van der Waals surface area contributed by atoms with Crippen molar-refractivity contribution in [2.75, 3.05) is 20.8 Å². The molecule has 0 radical (unpaired) electrons. The molecule has 1 aromatic carbocycles. The number of hydrogen-bond donors (Lipinski definition) is 1. The van der Waals surface area contributed by atoms with E-state index in [2.05, 4.69) is 62.0 Å². The highest BCUT2D eigenvalue weighted by molar-refractivity contribution is 14.1. The van der Waals surface area contributed by atoms with Crippen molar-refractivity contribution in [1.29, 1.82) is 0 Å². The molecule has 1 aromatic rings. The lowest BCUT2D eigenvalue weighted by Gasteiger charge is -2.18. The molecule has 0 bridgehead atoms. The maximum Gasteiger partial charge on any atom is 0.0462 e. The smallest absolute Gasteiger partial charge is 0.0462 e. The minimum atomic E-state index is 0.388. The lowest BCUT2D eigenvalue weighted by molar-refractivity contribution is 0.189. The van der Waals surface area contributed by atoms with Crippen LogP contribution < -0.4 is 5.32 Å². The predicted molar refractivity (Wildman–Crippen MR) is 79.8 cm³/mol. The lowest BCUT2D eigenvalue weighted by atomic mass is 10.0. The van der Waals surface area contributed by atoms with Gasteiger partial charge in [-0.15, -0.1) is 0 Å². The molecular weight excluding hydrogens is 381 g/mol. The Labute approximate surface area is 119 Å².